The van der Waals surface area contributed by atoms with Crippen LogP contribution in [0.1, 0.15) is 40.5 Å². The van der Waals surface area contributed by atoms with Gasteiger partial charge in [0.15, 0.2) is 0 Å². The fourth-order valence-corrected chi connectivity index (χ4v) is 1.66. The van der Waals surface area contributed by atoms with E-state index in [0.717, 1.165) is 0 Å². The lowest BCUT2D eigenvalue weighted by Crippen LogP contribution is -2.54. The Kier molecular flexibility index (Phi) is 7.94. The second-order valence-electron chi connectivity index (χ2n) is 5.82. The highest BCUT2D eigenvalue weighted by atomic mass is 16.5. The average molecular weight is 302 g/mol. The van der Waals surface area contributed by atoms with Crippen LogP contribution >= 0.6 is 0 Å². The van der Waals surface area contributed by atoms with Crippen LogP contribution in [0.25, 0.3) is 0 Å². The van der Waals surface area contributed by atoms with Crippen LogP contribution in [0.3, 0.4) is 0 Å². The first-order chi connectivity index (χ1) is 9.60. The van der Waals surface area contributed by atoms with E-state index >= 15 is 0 Å². The largest absolute Gasteiger partial charge is 0.469 e. The van der Waals surface area contributed by atoms with Crippen molar-refractivity contribution in [2.45, 2.75) is 58.2 Å². The molecule has 0 aromatic carbocycles. The molecule has 1 amide bonds. The summed E-state index contributed by atoms with van der Waals surface area (Å²) in [4.78, 5) is 34.9. The quantitative estimate of drug-likeness (QED) is 0.660. The average Bonchev–Trinajstić information content (AvgIpc) is 2.39. The zero-order valence-corrected chi connectivity index (χ0v) is 13.6. The molecule has 0 bridgehead atoms. The third-order valence-electron chi connectivity index (χ3n) is 2.69. The van der Waals surface area contributed by atoms with Gasteiger partial charge in [-0.1, -0.05) is 0 Å². The van der Waals surface area contributed by atoms with Gasteiger partial charge < -0.3 is 14.8 Å². The summed E-state index contributed by atoms with van der Waals surface area (Å²) in [6.07, 6.45) is 0.315. The molecule has 0 heterocycles. The fourth-order valence-electron chi connectivity index (χ4n) is 1.66. The van der Waals surface area contributed by atoms with Crippen LogP contribution in [0.2, 0.25) is 0 Å². The molecule has 0 rings (SSSR count). The minimum atomic E-state index is -0.683. The van der Waals surface area contributed by atoms with Crippen molar-refractivity contribution >= 4 is 17.8 Å². The highest BCUT2D eigenvalue weighted by molar-refractivity contribution is 5.84. The van der Waals surface area contributed by atoms with E-state index < -0.39 is 29.6 Å². The molecule has 21 heavy (non-hydrogen) atoms. The van der Waals surface area contributed by atoms with E-state index in [9.17, 15) is 14.4 Å². The van der Waals surface area contributed by atoms with E-state index in [1.54, 1.807) is 6.92 Å². The van der Waals surface area contributed by atoms with Gasteiger partial charge in [-0.25, -0.2) is 0 Å². The van der Waals surface area contributed by atoms with E-state index in [4.69, 9.17) is 0 Å². The Morgan fingerprint density at radius 1 is 1.10 bits per heavy atom. The molecule has 7 nitrogen and oxygen atoms in total. The van der Waals surface area contributed by atoms with Gasteiger partial charge in [-0.05, 0) is 34.1 Å². The molecule has 0 aliphatic heterocycles. The van der Waals surface area contributed by atoms with Crippen LogP contribution in [0.5, 0.6) is 0 Å². The normalized spacial score (nSPS) is 14.0. The Bertz CT molecular complexity index is 376. The van der Waals surface area contributed by atoms with E-state index in [1.807, 2.05) is 20.8 Å². The van der Waals surface area contributed by atoms with E-state index in [1.165, 1.54) is 14.2 Å². The third-order valence-corrected chi connectivity index (χ3v) is 2.69. The molecule has 0 fully saturated rings. The van der Waals surface area contributed by atoms with Gasteiger partial charge in [-0.2, -0.15) is 0 Å². The third kappa shape index (κ3) is 8.29. The van der Waals surface area contributed by atoms with Gasteiger partial charge in [0, 0.05) is 12.0 Å². The second kappa shape index (κ2) is 8.61. The first-order valence-corrected chi connectivity index (χ1v) is 6.83. The number of rotatable bonds is 7. The number of carbonyl (C=O) groups is 3. The maximum Gasteiger partial charge on any atom is 0.322 e. The molecule has 2 N–H and O–H groups in total. The molecule has 2 atom stereocenters. The summed E-state index contributed by atoms with van der Waals surface area (Å²) in [6.45, 7) is 7.16. The van der Waals surface area contributed by atoms with Gasteiger partial charge in [0.2, 0.25) is 5.91 Å². The maximum atomic E-state index is 12.2. The molecule has 7 heteroatoms. The first kappa shape index (κ1) is 19.4. The maximum absolute atomic E-state index is 12.2. The number of esters is 2. The van der Waals surface area contributed by atoms with Crippen LogP contribution in [0.15, 0.2) is 0 Å². The standard InChI is InChI=1S/C14H26N2O5/c1-9(13(19)21-6)15-10(7-8-11(17)20-5)12(18)16-14(2,3)4/h9-10,15H,7-8H2,1-6H3,(H,16,18)/t9-,10+/m0/s1. The summed E-state index contributed by atoms with van der Waals surface area (Å²) < 4.78 is 9.18. The smallest absolute Gasteiger partial charge is 0.322 e. The van der Waals surface area contributed by atoms with Gasteiger partial charge >= 0.3 is 11.9 Å². The predicted octanol–water partition coefficient (Wildman–Crippen LogP) is 0.374. The molecule has 0 aromatic rings. The lowest BCUT2D eigenvalue weighted by Gasteiger charge is -2.26. The number of nitrogens with one attached hydrogen (secondary N) is 2. The summed E-state index contributed by atoms with van der Waals surface area (Å²) >= 11 is 0. The minimum Gasteiger partial charge on any atom is -0.469 e. The molecule has 0 saturated carbocycles. The molecule has 0 aliphatic rings. The number of hydrogen-bond acceptors (Lipinski definition) is 6. The monoisotopic (exact) mass is 302 g/mol. The van der Waals surface area contributed by atoms with Crippen LogP contribution in [0.4, 0.5) is 0 Å². The zero-order valence-electron chi connectivity index (χ0n) is 13.6. The highest BCUT2D eigenvalue weighted by Crippen LogP contribution is 2.06. The van der Waals surface area contributed by atoms with Crippen molar-refractivity contribution in [2.24, 2.45) is 0 Å². The number of methoxy groups -OCH3 is 2. The minimum absolute atomic E-state index is 0.0830. The van der Waals surface area contributed by atoms with Crippen molar-refractivity contribution in [1.82, 2.24) is 10.6 Å². The summed E-state index contributed by atoms with van der Waals surface area (Å²) in [5, 5.41) is 5.69. The van der Waals surface area contributed by atoms with Crippen molar-refractivity contribution in [2.75, 3.05) is 14.2 Å². The van der Waals surface area contributed by atoms with Gasteiger partial charge in [-0.3, -0.25) is 19.7 Å². The summed E-state index contributed by atoms with van der Waals surface area (Å²) in [5.41, 5.74) is -0.406. The Labute approximate surface area is 125 Å². The topological polar surface area (TPSA) is 93.7 Å². The first-order valence-electron chi connectivity index (χ1n) is 6.83. The van der Waals surface area contributed by atoms with Gasteiger partial charge in [0.05, 0.1) is 20.3 Å². The van der Waals surface area contributed by atoms with E-state index in [0.29, 0.717) is 0 Å². The lowest BCUT2D eigenvalue weighted by atomic mass is 10.1. The number of carbonyl (C=O) groups excluding carboxylic acids is 3. The van der Waals surface area contributed by atoms with Crippen molar-refractivity contribution < 1.29 is 23.9 Å². The van der Waals surface area contributed by atoms with Gasteiger partial charge in [-0.15, -0.1) is 0 Å². The van der Waals surface area contributed by atoms with Crippen molar-refractivity contribution in [3.8, 4) is 0 Å². The van der Waals surface area contributed by atoms with Crippen molar-refractivity contribution in [3.63, 3.8) is 0 Å². The van der Waals surface area contributed by atoms with Crippen LogP contribution in [-0.2, 0) is 23.9 Å². The SMILES string of the molecule is COC(=O)CC[C@@H](N[C@@H](C)C(=O)OC)C(=O)NC(C)(C)C. The van der Waals surface area contributed by atoms with Crippen LogP contribution in [-0.4, -0.2) is 49.7 Å². The molecule has 0 unspecified atom stereocenters. The predicted molar refractivity (Wildman–Crippen MR) is 77.5 cm³/mol. The van der Waals surface area contributed by atoms with Crippen LogP contribution in [0, 0.1) is 0 Å². The summed E-state index contributed by atoms with van der Waals surface area (Å²) in [6, 6.07) is -1.33. The number of hydrogen-bond donors (Lipinski definition) is 2. The zero-order chi connectivity index (χ0) is 16.6. The Balaban J connectivity index is 4.79. The Hall–Kier alpha value is -1.63. The lowest BCUT2D eigenvalue weighted by molar-refractivity contribution is -0.143. The molecular formula is C14H26N2O5. The molecule has 0 aromatic heterocycles. The van der Waals surface area contributed by atoms with Crippen LogP contribution < -0.4 is 10.6 Å². The van der Waals surface area contributed by atoms with Gasteiger partial charge in [0.1, 0.15) is 6.04 Å². The summed E-state index contributed by atoms with van der Waals surface area (Å²) in [5.74, 6) is -1.15. The summed E-state index contributed by atoms with van der Waals surface area (Å²) in [7, 11) is 2.57. The van der Waals surface area contributed by atoms with E-state index in [-0.39, 0.29) is 18.7 Å². The molecule has 0 spiro atoms. The van der Waals surface area contributed by atoms with Gasteiger partial charge in [0.25, 0.3) is 0 Å². The van der Waals surface area contributed by atoms with Crippen molar-refractivity contribution in [3.05, 3.63) is 0 Å². The molecule has 0 aliphatic carbocycles. The van der Waals surface area contributed by atoms with Crippen molar-refractivity contribution in [1.29, 1.82) is 0 Å². The molecular weight excluding hydrogens is 276 g/mol. The Morgan fingerprint density at radius 3 is 2.10 bits per heavy atom. The highest BCUT2D eigenvalue weighted by Gasteiger charge is 2.27. The molecule has 0 radical (unpaired) electrons. The molecule has 122 valence electrons. The fraction of sp³-hybridized carbons (Fsp3) is 0.786. The number of ether oxygens (including phenoxy) is 2. The number of amides is 1. The second-order valence-corrected chi connectivity index (χ2v) is 5.82. The van der Waals surface area contributed by atoms with E-state index in [2.05, 4.69) is 20.1 Å². The molecule has 0 saturated heterocycles. The Morgan fingerprint density at radius 2 is 1.67 bits per heavy atom.